The summed E-state index contributed by atoms with van der Waals surface area (Å²) in [6.07, 6.45) is 1.90. The number of rotatable bonds is 6. The minimum atomic E-state index is -0.444. The van der Waals surface area contributed by atoms with Crippen molar-refractivity contribution in [2.24, 2.45) is 0 Å². The van der Waals surface area contributed by atoms with Crippen LogP contribution in [-0.2, 0) is 20.7 Å². The fourth-order valence-corrected chi connectivity index (χ4v) is 2.97. The van der Waals surface area contributed by atoms with Gasteiger partial charge < -0.3 is 15.0 Å². The van der Waals surface area contributed by atoms with Crippen LogP contribution in [0.5, 0.6) is 0 Å². The summed E-state index contributed by atoms with van der Waals surface area (Å²) in [5.41, 5.74) is 2.69. The zero-order valence-corrected chi connectivity index (χ0v) is 15.0. The Hall–Kier alpha value is -2.79. The van der Waals surface area contributed by atoms with Crippen LogP contribution in [0.4, 0.5) is 0 Å². The number of carbonyl (C=O) groups is 2. The van der Waals surface area contributed by atoms with Crippen molar-refractivity contribution in [1.29, 1.82) is 0 Å². The first kappa shape index (κ1) is 18.0. The van der Waals surface area contributed by atoms with Crippen LogP contribution in [0.1, 0.15) is 24.1 Å². The third-order valence-corrected chi connectivity index (χ3v) is 4.34. The molecule has 2 N–H and O–H groups in total. The molecule has 3 aromatic rings. The van der Waals surface area contributed by atoms with Crippen molar-refractivity contribution in [3.63, 3.8) is 0 Å². The van der Waals surface area contributed by atoms with Crippen LogP contribution < -0.4 is 5.32 Å². The van der Waals surface area contributed by atoms with Crippen LogP contribution in [0.25, 0.3) is 10.9 Å². The number of aromatic nitrogens is 1. The van der Waals surface area contributed by atoms with Gasteiger partial charge in [-0.1, -0.05) is 41.9 Å². The summed E-state index contributed by atoms with van der Waals surface area (Å²) in [4.78, 5) is 27.1. The first-order chi connectivity index (χ1) is 12.5. The van der Waals surface area contributed by atoms with Gasteiger partial charge >= 0.3 is 5.97 Å². The lowest BCUT2D eigenvalue weighted by atomic mass is 10.1. The highest BCUT2D eigenvalue weighted by atomic mass is 35.5. The minimum absolute atomic E-state index is 0.112. The van der Waals surface area contributed by atoms with E-state index in [1.165, 1.54) is 0 Å². The molecule has 1 atom stereocenters. The molecule has 134 valence electrons. The van der Waals surface area contributed by atoms with Crippen molar-refractivity contribution in [2.75, 3.05) is 6.61 Å². The number of H-pyrrole nitrogens is 1. The Balaban J connectivity index is 1.50. The van der Waals surface area contributed by atoms with Crippen LogP contribution >= 0.6 is 11.6 Å². The summed E-state index contributed by atoms with van der Waals surface area (Å²) in [5.74, 6) is -0.801. The number of nitrogens with one attached hydrogen (secondary N) is 2. The van der Waals surface area contributed by atoms with E-state index in [1.54, 1.807) is 18.3 Å². The van der Waals surface area contributed by atoms with E-state index in [0.717, 1.165) is 22.0 Å². The summed E-state index contributed by atoms with van der Waals surface area (Å²) < 4.78 is 5.10. The van der Waals surface area contributed by atoms with E-state index in [0.29, 0.717) is 5.02 Å². The molecule has 1 heterocycles. The molecule has 2 aromatic carbocycles. The highest BCUT2D eigenvalue weighted by Crippen LogP contribution is 2.19. The summed E-state index contributed by atoms with van der Waals surface area (Å²) in [6, 6.07) is 14.7. The number of ether oxygens (including phenoxy) is 1. The molecule has 3 rings (SSSR count). The molecule has 0 spiro atoms. The monoisotopic (exact) mass is 370 g/mol. The Morgan fingerprint density at radius 3 is 2.81 bits per heavy atom. The van der Waals surface area contributed by atoms with Crippen LogP contribution in [-0.4, -0.2) is 23.5 Å². The van der Waals surface area contributed by atoms with Gasteiger partial charge in [-0.25, -0.2) is 0 Å². The van der Waals surface area contributed by atoms with Gasteiger partial charge in [0.15, 0.2) is 6.61 Å². The quantitative estimate of drug-likeness (QED) is 0.648. The molecular weight excluding hydrogens is 352 g/mol. The first-order valence-corrected chi connectivity index (χ1v) is 8.66. The number of esters is 1. The minimum Gasteiger partial charge on any atom is -0.455 e. The fraction of sp³-hybridized carbons (Fsp3) is 0.200. The van der Waals surface area contributed by atoms with Gasteiger partial charge in [-0.3, -0.25) is 9.59 Å². The van der Waals surface area contributed by atoms with Crippen LogP contribution in [0.2, 0.25) is 5.02 Å². The van der Waals surface area contributed by atoms with Crippen LogP contribution in [0, 0.1) is 0 Å². The Kier molecular flexibility index (Phi) is 5.58. The molecule has 1 aromatic heterocycles. The normalized spacial score (nSPS) is 11.9. The molecule has 0 fully saturated rings. The van der Waals surface area contributed by atoms with E-state index >= 15 is 0 Å². The fourth-order valence-electron chi connectivity index (χ4n) is 2.77. The van der Waals surface area contributed by atoms with Gasteiger partial charge in [0, 0.05) is 22.1 Å². The molecule has 0 aliphatic carbocycles. The van der Waals surface area contributed by atoms with E-state index in [4.69, 9.17) is 16.3 Å². The highest BCUT2D eigenvalue weighted by molar-refractivity contribution is 6.30. The Morgan fingerprint density at radius 2 is 2.00 bits per heavy atom. The van der Waals surface area contributed by atoms with Gasteiger partial charge in [0.1, 0.15) is 0 Å². The first-order valence-electron chi connectivity index (χ1n) is 8.28. The average molecular weight is 371 g/mol. The zero-order chi connectivity index (χ0) is 18.5. The van der Waals surface area contributed by atoms with Crippen molar-refractivity contribution in [1.82, 2.24) is 10.3 Å². The third kappa shape index (κ3) is 4.43. The van der Waals surface area contributed by atoms with Crippen molar-refractivity contribution < 1.29 is 14.3 Å². The summed E-state index contributed by atoms with van der Waals surface area (Å²) in [5, 5.41) is 4.37. The maximum Gasteiger partial charge on any atom is 0.310 e. The highest BCUT2D eigenvalue weighted by Gasteiger charge is 2.14. The van der Waals surface area contributed by atoms with Gasteiger partial charge in [-0.2, -0.15) is 0 Å². The molecule has 0 saturated heterocycles. The van der Waals surface area contributed by atoms with Crippen molar-refractivity contribution >= 4 is 34.4 Å². The van der Waals surface area contributed by atoms with Gasteiger partial charge in [0.2, 0.25) is 0 Å². The maximum atomic E-state index is 12.0. The molecule has 1 amide bonds. The smallest absolute Gasteiger partial charge is 0.310 e. The van der Waals surface area contributed by atoms with Gasteiger partial charge in [-0.05, 0) is 36.2 Å². The second-order valence-electron chi connectivity index (χ2n) is 6.04. The third-order valence-electron chi connectivity index (χ3n) is 4.10. The number of hydrogen-bond donors (Lipinski definition) is 2. The molecule has 0 radical (unpaired) electrons. The van der Waals surface area contributed by atoms with E-state index in [-0.39, 0.29) is 25.0 Å². The summed E-state index contributed by atoms with van der Waals surface area (Å²) >= 11 is 5.95. The maximum absolute atomic E-state index is 12.0. The Labute approximate surface area is 156 Å². The molecule has 0 aliphatic heterocycles. The largest absolute Gasteiger partial charge is 0.455 e. The number of fused-ring (bicyclic) bond motifs is 1. The summed E-state index contributed by atoms with van der Waals surface area (Å²) in [6.45, 7) is 1.53. The molecular formula is C20H19ClN2O3. The van der Waals surface area contributed by atoms with Crippen LogP contribution in [0.15, 0.2) is 54.7 Å². The van der Waals surface area contributed by atoms with Crippen LogP contribution in [0.3, 0.4) is 0 Å². The summed E-state index contributed by atoms with van der Waals surface area (Å²) in [7, 11) is 0. The second kappa shape index (κ2) is 8.06. The molecule has 0 saturated carbocycles. The van der Waals surface area contributed by atoms with Gasteiger partial charge in [0.25, 0.3) is 5.91 Å². The standard InChI is InChI=1S/C20H19ClN2O3/c1-13(14-5-4-6-16(21)9-14)23-19(24)12-26-20(25)10-15-11-22-18-8-3-2-7-17(15)18/h2-9,11,13,22H,10,12H2,1H3,(H,23,24)/t13-/m0/s1. The lowest BCUT2D eigenvalue weighted by molar-refractivity contribution is -0.148. The number of amides is 1. The Morgan fingerprint density at radius 1 is 1.19 bits per heavy atom. The van der Waals surface area contributed by atoms with E-state index in [1.807, 2.05) is 43.3 Å². The van der Waals surface area contributed by atoms with E-state index in [9.17, 15) is 9.59 Å². The molecule has 5 nitrogen and oxygen atoms in total. The van der Waals surface area contributed by atoms with Gasteiger partial charge in [-0.15, -0.1) is 0 Å². The number of halogens is 1. The van der Waals surface area contributed by atoms with Crippen molar-refractivity contribution in [3.8, 4) is 0 Å². The van der Waals surface area contributed by atoms with Crippen molar-refractivity contribution in [3.05, 3.63) is 70.9 Å². The zero-order valence-electron chi connectivity index (χ0n) is 14.3. The molecule has 0 bridgehead atoms. The SMILES string of the molecule is C[C@H](NC(=O)COC(=O)Cc1c[nH]c2ccccc12)c1cccc(Cl)c1. The second-order valence-corrected chi connectivity index (χ2v) is 6.48. The molecule has 0 aliphatic rings. The number of hydrogen-bond acceptors (Lipinski definition) is 3. The lowest BCUT2D eigenvalue weighted by Gasteiger charge is -2.14. The topological polar surface area (TPSA) is 71.2 Å². The molecule has 26 heavy (non-hydrogen) atoms. The lowest BCUT2D eigenvalue weighted by Crippen LogP contribution is -2.31. The predicted molar refractivity (Wildman–Crippen MR) is 101 cm³/mol. The molecule has 6 heteroatoms. The Bertz CT molecular complexity index is 935. The van der Waals surface area contributed by atoms with E-state index < -0.39 is 5.97 Å². The number of aromatic amines is 1. The molecule has 0 unspecified atom stereocenters. The number of para-hydroxylation sites is 1. The predicted octanol–water partition coefficient (Wildman–Crippen LogP) is 3.78. The number of benzene rings is 2. The average Bonchev–Trinajstić information content (AvgIpc) is 3.03. The number of carbonyl (C=O) groups excluding carboxylic acids is 2. The van der Waals surface area contributed by atoms with Crippen molar-refractivity contribution in [2.45, 2.75) is 19.4 Å². The van der Waals surface area contributed by atoms with Gasteiger partial charge in [0.05, 0.1) is 12.5 Å². The van der Waals surface area contributed by atoms with E-state index in [2.05, 4.69) is 10.3 Å².